The minimum absolute atomic E-state index is 0.146. The molecule has 6 nitrogen and oxygen atoms in total. The monoisotopic (exact) mass is 416 g/mol. The molecule has 158 valence electrons. The van der Waals surface area contributed by atoms with Crippen LogP contribution >= 0.6 is 0 Å². The Morgan fingerprint density at radius 2 is 1.83 bits per heavy atom. The van der Waals surface area contributed by atoms with Crippen LogP contribution in [0.4, 0.5) is 14.5 Å². The van der Waals surface area contributed by atoms with Crippen molar-refractivity contribution in [2.45, 2.75) is 26.2 Å². The summed E-state index contributed by atoms with van der Waals surface area (Å²) >= 11 is 0. The van der Waals surface area contributed by atoms with Crippen molar-refractivity contribution >= 4 is 23.1 Å². The van der Waals surface area contributed by atoms with Crippen LogP contribution in [0.5, 0.6) is 11.5 Å². The number of ether oxygens (including phenoxy) is 2. The minimum atomic E-state index is -3.01. The third-order valence-corrected chi connectivity index (χ3v) is 4.88. The smallest absolute Gasteiger partial charge is 0.270 e. The van der Waals surface area contributed by atoms with E-state index in [1.165, 1.54) is 32.4 Å². The first-order chi connectivity index (χ1) is 14.2. The van der Waals surface area contributed by atoms with Crippen LogP contribution in [0.1, 0.15) is 25.0 Å². The van der Waals surface area contributed by atoms with Gasteiger partial charge in [0, 0.05) is 25.0 Å². The maximum absolute atomic E-state index is 13.6. The Bertz CT molecular complexity index is 1010. The lowest BCUT2D eigenvalue weighted by molar-refractivity contribution is -0.128. The highest BCUT2D eigenvalue weighted by atomic mass is 19.3. The summed E-state index contributed by atoms with van der Waals surface area (Å²) in [6.45, 7) is 2.39. The van der Waals surface area contributed by atoms with E-state index in [9.17, 15) is 18.4 Å². The summed E-state index contributed by atoms with van der Waals surface area (Å²) in [6, 6.07) is 10.5. The molecule has 0 fully saturated rings. The number of anilines is 1. The van der Waals surface area contributed by atoms with Crippen molar-refractivity contribution in [1.82, 2.24) is 0 Å². The number of hydrogen-bond acceptors (Lipinski definition) is 5. The van der Waals surface area contributed by atoms with E-state index in [0.29, 0.717) is 28.5 Å². The molecule has 0 aliphatic carbocycles. The molecule has 1 heterocycles. The lowest BCUT2D eigenvalue weighted by atomic mass is 9.93. The molecule has 0 aromatic heterocycles. The molecule has 0 bridgehead atoms. The maximum Gasteiger partial charge on any atom is 0.270 e. The van der Waals surface area contributed by atoms with Gasteiger partial charge in [0.25, 0.3) is 11.8 Å². The van der Waals surface area contributed by atoms with Gasteiger partial charge in [-0.3, -0.25) is 9.59 Å². The van der Waals surface area contributed by atoms with Gasteiger partial charge in [0.15, 0.2) is 17.3 Å². The summed E-state index contributed by atoms with van der Waals surface area (Å²) in [5, 5.41) is 5.38. The summed E-state index contributed by atoms with van der Waals surface area (Å²) in [5.74, 6) is -4.06. The number of hydrazone groups is 1. The van der Waals surface area contributed by atoms with Gasteiger partial charge >= 0.3 is 0 Å². The van der Waals surface area contributed by atoms with E-state index >= 15 is 0 Å². The van der Waals surface area contributed by atoms with E-state index in [1.807, 2.05) is 0 Å². The molecule has 1 amide bonds. The average molecular weight is 416 g/mol. The summed E-state index contributed by atoms with van der Waals surface area (Å²) < 4.78 is 37.6. The van der Waals surface area contributed by atoms with Crippen LogP contribution in [-0.2, 0) is 21.9 Å². The predicted molar refractivity (Wildman–Crippen MR) is 108 cm³/mol. The molecule has 0 saturated carbocycles. The van der Waals surface area contributed by atoms with E-state index in [2.05, 4.69) is 5.10 Å². The van der Waals surface area contributed by atoms with Crippen molar-refractivity contribution in [2.24, 2.45) is 11.0 Å². The van der Waals surface area contributed by atoms with E-state index in [1.54, 1.807) is 31.2 Å². The van der Waals surface area contributed by atoms with E-state index < -0.39 is 23.5 Å². The lowest BCUT2D eigenvalue weighted by Gasteiger charge is -2.16. The van der Waals surface area contributed by atoms with Crippen molar-refractivity contribution in [2.75, 3.05) is 19.2 Å². The standard InChI is InChI=1S/C22H22F2N2O4/c1-13-20(17(27)11-14-6-5-7-15(10-14)22(2,23)24)21(28)26(25-13)16-8-9-18(29-3)19(12-16)30-4/h5-10,12,20H,11H2,1-4H3. The highest BCUT2D eigenvalue weighted by Crippen LogP contribution is 2.34. The molecule has 1 unspecified atom stereocenters. The average Bonchev–Trinajstić information content (AvgIpc) is 3.01. The highest BCUT2D eigenvalue weighted by molar-refractivity contribution is 6.27. The fourth-order valence-electron chi connectivity index (χ4n) is 3.34. The van der Waals surface area contributed by atoms with Crippen LogP contribution in [0.25, 0.3) is 0 Å². The molecule has 2 aromatic rings. The van der Waals surface area contributed by atoms with E-state index in [-0.39, 0.29) is 12.0 Å². The van der Waals surface area contributed by atoms with Crippen molar-refractivity contribution in [3.63, 3.8) is 0 Å². The molecule has 1 aliphatic rings. The van der Waals surface area contributed by atoms with Gasteiger partial charge in [0.05, 0.1) is 25.6 Å². The zero-order valence-corrected chi connectivity index (χ0v) is 17.1. The second-order valence-electron chi connectivity index (χ2n) is 7.10. The third-order valence-electron chi connectivity index (χ3n) is 4.88. The summed E-state index contributed by atoms with van der Waals surface area (Å²) in [7, 11) is 2.97. The number of carbonyl (C=O) groups is 2. The first kappa shape index (κ1) is 21.4. The zero-order valence-electron chi connectivity index (χ0n) is 17.1. The molecule has 30 heavy (non-hydrogen) atoms. The van der Waals surface area contributed by atoms with Crippen molar-refractivity contribution in [3.8, 4) is 11.5 Å². The molecule has 2 aromatic carbocycles. The number of nitrogens with zero attached hydrogens (tertiary/aromatic N) is 2. The molecule has 3 rings (SSSR count). The van der Waals surface area contributed by atoms with Gasteiger partial charge < -0.3 is 9.47 Å². The Hall–Kier alpha value is -3.29. The second-order valence-corrected chi connectivity index (χ2v) is 7.10. The first-order valence-electron chi connectivity index (χ1n) is 9.26. The SMILES string of the molecule is COc1ccc(N2N=C(C)C(C(=O)Cc3cccc(C(C)(F)F)c3)C2=O)cc1OC. The maximum atomic E-state index is 13.6. The van der Waals surface area contributed by atoms with Gasteiger partial charge in [-0.05, 0) is 30.7 Å². The molecule has 0 saturated heterocycles. The highest BCUT2D eigenvalue weighted by Gasteiger charge is 2.39. The Balaban J connectivity index is 1.81. The van der Waals surface area contributed by atoms with Gasteiger partial charge in [-0.2, -0.15) is 10.1 Å². The second kappa shape index (κ2) is 8.22. The van der Waals surface area contributed by atoms with Crippen molar-refractivity contribution in [3.05, 3.63) is 53.6 Å². The summed E-state index contributed by atoms with van der Waals surface area (Å²) in [5.41, 5.74) is 1.02. The molecule has 1 atom stereocenters. The number of halogens is 2. The normalized spacial score (nSPS) is 16.5. The molecular formula is C22H22F2N2O4. The number of benzene rings is 2. The Morgan fingerprint density at radius 1 is 1.13 bits per heavy atom. The number of methoxy groups -OCH3 is 2. The number of alkyl halides is 2. The number of amides is 1. The van der Waals surface area contributed by atoms with Crippen LogP contribution in [-0.4, -0.2) is 31.6 Å². The van der Waals surface area contributed by atoms with Gasteiger partial charge in [-0.1, -0.05) is 18.2 Å². The zero-order chi connectivity index (χ0) is 22.1. The van der Waals surface area contributed by atoms with Gasteiger partial charge in [0.1, 0.15) is 5.92 Å². The third kappa shape index (κ3) is 4.17. The minimum Gasteiger partial charge on any atom is -0.493 e. The lowest BCUT2D eigenvalue weighted by Crippen LogP contribution is -2.33. The van der Waals surface area contributed by atoms with Crippen LogP contribution in [0.2, 0.25) is 0 Å². The number of carbonyl (C=O) groups excluding carboxylic acids is 2. The molecule has 0 N–H and O–H groups in total. The van der Waals surface area contributed by atoms with Gasteiger partial charge in [-0.15, -0.1) is 0 Å². The van der Waals surface area contributed by atoms with Gasteiger partial charge in [0.2, 0.25) is 0 Å². The quantitative estimate of drug-likeness (QED) is 0.641. The number of Topliss-reactive ketones (excluding diaryl/α,β-unsaturated/α-hetero) is 1. The van der Waals surface area contributed by atoms with Crippen molar-refractivity contribution < 1.29 is 27.8 Å². The fourth-order valence-corrected chi connectivity index (χ4v) is 3.34. The summed E-state index contributed by atoms with van der Waals surface area (Å²) in [4.78, 5) is 25.8. The molecule has 0 spiro atoms. The predicted octanol–water partition coefficient (Wildman–Crippen LogP) is 3.97. The largest absolute Gasteiger partial charge is 0.493 e. The topological polar surface area (TPSA) is 68.2 Å². The van der Waals surface area contributed by atoms with Crippen LogP contribution < -0.4 is 14.5 Å². The molecular weight excluding hydrogens is 394 g/mol. The van der Waals surface area contributed by atoms with E-state index in [4.69, 9.17) is 9.47 Å². The Morgan fingerprint density at radius 3 is 2.47 bits per heavy atom. The first-order valence-corrected chi connectivity index (χ1v) is 9.26. The fraction of sp³-hybridized carbons (Fsp3) is 0.318. The number of hydrogen-bond donors (Lipinski definition) is 0. The molecule has 0 radical (unpaired) electrons. The Kier molecular flexibility index (Phi) is 5.87. The number of ketones is 1. The van der Waals surface area contributed by atoms with Crippen LogP contribution in [0.3, 0.4) is 0 Å². The Labute approximate surface area is 173 Å². The number of rotatable bonds is 7. The van der Waals surface area contributed by atoms with Crippen molar-refractivity contribution in [1.29, 1.82) is 0 Å². The van der Waals surface area contributed by atoms with Crippen LogP contribution in [0, 0.1) is 5.92 Å². The van der Waals surface area contributed by atoms with E-state index in [0.717, 1.165) is 11.9 Å². The molecule has 1 aliphatic heterocycles. The summed E-state index contributed by atoms with van der Waals surface area (Å²) in [6.07, 6.45) is -0.146. The van der Waals surface area contributed by atoms with Crippen LogP contribution in [0.15, 0.2) is 47.6 Å². The molecule has 8 heteroatoms. The van der Waals surface area contributed by atoms with Gasteiger partial charge in [-0.25, -0.2) is 8.78 Å².